The van der Waals surface area contributed by atoms with E-state index in [1.807, 2.05) is 13.0 Å². The van der Waals surface area contributed by atoms with Gasteiger partial charge in [-0.05, 0) is 14.0 Å². The summed E-state index contributed by atoms with van der Waals surface area (Å²) >= 11 is 8.42. The van der Waals surface area contributed by atoms with E-state index in [1.165, 1.54) is 28.9 Å². The predicted octanol–water partition coefficient (Wildman–Crippen LogP) is 4.17. The average Bonchev–Trinajstić information content (AvgIpc) is 3.35. The number of piperazine rings is 1. The topological polar surface area (TPSA) is 86.3 Å². The van der Waals surface area contributed by atoms with E-state index in [9.17, 15) is 9.18 Å². The quantitative estimate of drug-likeness (QED) is 0.546. The highest BCUT2D eigenvalue weighted by molar-refractivity contribution is 7.17. The van der Waals surface area contributed by atoms with Crippen LogP contribution in [0, 0.1) is 6.92 Å². The summed E-state index contributed by atoms with van der Waals surface area (Å²) in [5, 5.41) is 7.94. The minimum Gasteiger partial charge on any atom is -0.354 e. The number of carbonyl (C=O) groups is 1. The van der Waals surface area contributed by atoms with Crippen molar-refractivity contribution in [2.24, 2.45) is 0 Å². The number of hydrogen-bond donors (Lipinski definition) is 2. The van der Waals surface area contributed by atoms with E-state index < -0.39 is 12.6 Å². The highest BCUT2D eigenvalue weighted by atomic mass is 35.5. The zero-order chi connectivity index (χ0) is 22.0. The average molecular weight is 482 g/mol. The molecule has 1 aliphatic heterocycles. The minimum absolute atomic E-state index is 0.310. The molecular formula is C19H21ClFN7OS2. The lowest BCUT2D eigenvalue weighted by Gasteiger charge is -2.33. The Hall–Kier alpha value is -2.34. The van der Waals surface area contributed by atoms with Crippen LogP contribution in [0.4, 0.5) is 26.8 Å². The van der Waals surface area contributed by atoms with Crippen molar-refractivity contribution in [2.75, 3.05) is 48.8 Å². The zero-order valence-electron chi connectivity index (χ0n) is 17.0. The van der Waals surface area contributed by atoms with E-state index in [1.54, 1.807) is 5.38 Å². The van der Waals surface area contributed by atoms with Crippen LogP contribution in [0.3, 0.4) is 0 Å². The molecular weight excluding hydrogens is 461 g/mol. The van der Waals surface area contributed by atoms with Crippen molar-refractivity contribution in [1.82, 2.24) is 19.9 Å². The number of thiophene rings is 1. The highest BCUT2D eigenvalue weighted by Crippen LogP contribution is 2.34. The summed E-state index contributed by atoms with van der Waals surface area (Å²) < 4.78 is 13.4. The molecule has 0 bridgehead atoms. The van der Waals surface area contributed by atoms with E-state index in [0.717, 1.165) is 32.0 Å². The second kappa shape index (κ2) is 9.43. The van der Waals surface area contributed by atoms with Crippen LogP contribution in [0.15, 0.2) is 17.6 Å². The predicted molar refractivity (Wildman–Crippen MR) is 124 cm³/mol. The number of nitrogens with one attached hydrogen (secondary N) is 2. The fourth-order valence-corrected chi connectivity index (χ4v) is 4.88. The molecule has 0 radical (unpaired) electrons. The standard InChI is InChI=1S/C19H21ClFN7OS2/c1-11-23-14(7-15(24-11)28-5-3-27(2)4-6-28)25-19-22-9-13(31-19)18(29)26-16-12(8-21)10-30-17(16)20/h7,9-10H,3-6,8H2,1-2H3,(H,26,29)(H,22,23,24,25). The van der Waals surface area contributed by atoms with Gasteiger partial charge < -0.3 is 20.4 Å². The second-order valence-corrected chi connectivity index (χ2v) is 9.61. The first-order valence-corrected chi connectivity index (χ1v) is 11.7. The smallest absolute Gasteiger partial charge is 0.267 e. The Kier molecular flexibility index (Phi) is 6.65. The summed E-state index contributed by atoms with van der Waals surface area (Å²) in [6, 6.07) is 1.89. The van der Waals surface area contributed by atoms with Gasteiger partial charge in [-0.1, -0.05) is 22.9 Å². The zero-order valence-corrected chi connectivity index (χ0v) is 19.4. The first-order valence-electron chi connectivity index (χ1n) is 9.58. The van der Waals surface area contributed by atoms with Crippen molar-refractivity contribution >= 4 is 62.6 Å². The Morgan fingerprint density at radius 1 is 1.29 bits per heavy atom. The van der Waals surface area contributed by atoms with E-state index >= 15 is 0 Å². The molecule has 4 rings (SSSR count). The Balaban J connectivity index is 1.46. The number of thiazole rings is 1. The third-order valence-electron chi connectivity index (χ3n) is 4.82. The molecule has 0 saturated carbocycles. The van der Waals surface area contributed by atoms with Crippen molar-refractivity contribution in [1.29, 1.82) is 0 Å². The lowest BCUT2D eigenvalue weighted by Crippen LogP contribution is -2.44. The van der Waals surface area contributed by atoms with Crippen molar-refractivity contribution < 1.29 is 9.18 Å². The van der Waals surface area contributed by atoms with Crippen LogP contribution in [0.1, 0.15) is 21.1 Å². The van der Waals surface area contributed by atoms with Crippen LogP contribution in [-0.4, -0.2) is 59.0 Å². The molecule has 0 unspecified atom stereocenters. The van der Waals surface area contributed by atoms with Crippen molar-refractivity contribution in [3.05, 3.63) is 38.2 Å². The van der Waals surface area contributed by atoms with Gasteiger partial charge in [0.25, 0.3) is 5.91 Å². The normalized spacial score (nSPS) is 14.6. The number of nitrogens with zero attached hydrogens (tertiary/aromatic N) is 5. The van der Waals surface area contributed by atoms with Crippen LogP contribution >= 0.6 is 34.3 Å². The maximum absolute atomic E-state index is 13.1. The lowest BCUT2D eigenvalue weighted by atomic mass is 10.3. The third kappa shape index (κ3) is 5.12. The van der Waals surface area contributed by atoms with Gasteiger partial charge >= 0.3 is 0 Å². The van der Waals surface area contributed by atoms with Gasteiger partial charge in [0, 0.05) is 43.2 Å². The van der Waals surface area contributed by atoms with Gasteiger partial charge in [0.1, 0.15) is 33.3 Å². The Morgan fingerprint density at radius 2 is 2.06 bits per heavy atom. The molecule has 1 fully saturated rings. The summed E-state index contributed by atoms with van der Waals surface area (Å²) in [7, 11) is 2.11. The highest BCUT2D eigenvalue weighted by Gasteiger charge is 2.19. The molecule has 8 nitrogen and oxygen atoms in total. The maximum atomic E-state index is 13.1. The number of anilines is 4. The SMILES string of the molecule is Cc1nc(Nc2ncc(C(=O)Nc3c(CF)csc3Cl)s2)cc(N2CCN(C)CC2)n1. The first-order chi connectivity index (χ1) is 14.9. The van der Waals surface area contributed by atoms with Crippen LogP contribution in [0.2, 0.25) is 4.34 Å². The first kappa shape index (κ1) is 21.9. The molecule has 12 heteroatoms. The van der Waals surface area contributed by atoms with Crippen molar-refractivity contribution in [3.8, 4) is 0 Å². The largest absolute Gasteiger partial charge is 0.354 e. The molecule has 2 N–H and O–H groups in total. The van der Waals surface area contributed by atoms with Gasteiger partial charge in [-0.15, -0.1) is 11.3 Å². The molecule has 4 heterocycles. The fourth-order valence-electron chi connectivity index (χ4n) is 3.13. The molecule has 1 saturated heterocycles. The summed E-state index contributed by atoms with van der Waals surface area (Å²) in [6.07, 6.45) is 1.47. The summed E-state index contributed by atoms with van der Waals surface area (Å²) in [5.41, 5.74) is 0.671. The van der Waals surface area contributed by atoms with E-state index in [0.29, 0.717) is 37.2 Å². The summed E-state index contributed by atoms with van der Waals surface area (Å²) in [6.45, 7) is 4.92. The lowest BCUT2D eigenvalue weighted by molar-refractivity contribution is 0.103. The minimum atomic E-state index is -0.697. The number of rotatable bonds is 6. The molecule has 0 atom stereocenters. The van der Waals surface area contributed by atoms with Crippen LogP contribution in [0.5, 0.6) is 0 Å². The number of carbonyl (C=O) groups excluding carboxylic acids is 1. The fraction of sp³-hybridized carbons (Fsp3) is 0.368. The molecule has 3 aromatic rings. The number of likely N-dealkylation sites (N-methyl/N-ethyl adjacent to an activating group) is 1. The monoisotopic (exact) mass is 481 g/mol. The maximum Gasteiger partial charge on any atom is 0.267 e. The van der Waals surface area contributed by atoms with Gasteiger partial charge in [0.05, 0.1) is 11.9 Å². The molecule has 3 aromatic heterocycles. The van der Waals surface area contributed by atoms with Gasteiger partial charge in [0.2, 0.25) is 0 Å². The number of aryl methyl sites for hydroxylation is 1. The Bertz CT molecular complexity index is 1080. The number of aromatic nitrogens is 3. The van der Waals surface area contributed by atoms with Crippen molar-refractivity contribution in [3.63, 3.8) is 0 Å². The molecule has 0 aliphatic carbocycles. The van der Waals surface area contributed by atoms with Gasteiger partial charge in [-0.2, -0.15) is 0 Å². The Morgan fingerprint density at radius 3 is 2.81 bits per heavy atom. The van der Waals surface area contributed by atoms with E-state index in [4.69, 9.17) is 11.6 Å². The Labute approximate surface area is 192 Å². The van der Waals surface area contributed by atoms with Crippen LogP contribution in [0.25, 0.3) is 0 Å². The molecule has 1 amide bonds. The van der Waals surface area contributed by atoms with Crippen LogP contribution < -0.4 is 15.5 Å². The number of alkyl halides is 1. The third-order valence-corrected chi connectivity index (χ3v) is 7.00. The summed E-state index contributed by atoms with van der Waals surface area (Å²) in [5.74, 6) is 1.74. The molecule has 164 valence electrons. The van der Waals surface area contributed by atoms with Crippen molar-refractivity contribution in [2.45, 2.75) is 13.6 Å². The number of amides is 1. The molecule has 31 heavy (non-hydrogen) atoms. The van der Waals surface area contributed by atoms with Gasteiger partial charge in [-0.25, -0.2) is 19.3 Å². The number of halogens is 2. The van der Waals surface area contributed by atoms with Gasteiger partial charge in [0.15, 0.2) is 5.13 Å². The van der Waals surface area contributed by atoms with E-state index in [-0.39, 0.29) is 0 Å². The molecule has 1 aliphatic rings. The molecule has 0 spiro atoms. The van der Waals surface area contributed by atoms with Gasteiger partial charge in [-0.3, -0.25) is 4.79 Å². The number of hydrogen-bond acceptors (Lipinski definition) is 9. The molecule has 0 aromatic carbocycles. The second-order valence-electron chi connectivity index (χ2n) is 7.10. The van der Waals surface area contributed by atoms with E-state index in [2.05, 4.69) is 42.4 Å². The van der Waals surface area contributed by atoms with Crippen LogP contribution in [-0.2, 0) is 6.67 Å². The summed E-state index contributed by atoms with van der Waals surface area (Å²) in [4.78, 5) is 30.7.